The molecule has 2 N–H and O–H groups in total. The Labute approximate surface area is 428 Å². The zero-order chi connectivity index (χ0) is 50.8. The van der Waals surface area contributed by atoms with Crippen LogP contribution in [0.2, 0.25) is 0 Å². The molecule has 1 spiro atoms. The van der Waals surface area contributed by atoms with E-state index >= 15 is 0 Å². The van der Waals surface area contributed by atoms with Gasteiger partial charge in [0.15, 0.2) is 5.79 Å². The van der Waals surface area contributed by atoms with Gasteiger partial charge >= 0.3 is 15.6 Å². The monoisotopic (exact) mass is 1030 g/mol. The molecule has 14 heteroatoms. The number of hydrogen-bond acceptors (Lipinski definition) is 10. The fourth-order valence-corrected chi connectivity index (χ4v) is 11.7. The SMILES string of the molecule is CCCCC/C=C/C/C=C/CCCCCCCCC1(CCCCCCCC/C=C/C/C=C/CCCCC)CCC2(CC1)O[C@H]1C[C@@H](N(C)CCOP(=O)(O)OC)[C@@H](N(C)CCOP(=O)(O)OC)C[C@H]1O2. The molecule has 3 rings (SSSR count). The molecular formula is C56H104N2O10P2. The Morgan fingerprint density at radius 1 is 0.514 bits per heavy atom. The molecule has 0 radical (unpaired) electrons. The zero-order valence-electron chi connectivity index (χ0n) is 45.3. The molecule has 6 atom stereocenters. The second-order valence-corrected chi connectivity index (χ2v) is 24.0. The summed E-state index contributed by atoms with van der Waals surface area (Å²) >= 11 is 0. The lowest BCUT2D eigenvalue weighted by Gasteiger charge is -2.45. The summed E-state index contributed by atoms with van der Waals surface area (Å²) < 4.78 is 57.9. The summed E-state index contributed by atoms with van der Waals surface area (Å²) in [5.41, 5.74) is 0.338. The minimum absolute atomic E-state index is 0.00727. The molecule has 1 aliphatic heterocycles. The van der Waals surface area contributed by atoms with Gasteiger partial charge in [-0.15, -0.1) is 0 Å². The highest BCUT2D eigenvalue weighted by atomic mass is 31.2. The van der Waals surface area contributed by atoms with E-state index in [1.54, 1.807) is 0 Å². The van der Waals surface area contributed by atoms with Gasteiger partial charge in [0, 0.05) is 52.2 Å². The topological polar surface area (TPSA) is 136 Å². The number of hydrogen-bond donors (Lipinski definition) is 2. The third kappa shape index (κ3) is 26.5. The summed E-state index contributed by atoms with van der Waals surface area (Å²) in [6.07, 6.45) is 57.3. The van der Waals surface area contributed by atoms with Gasteiger partial charge in [0.25, 0.3) is 0 Å². The number of ether oxygens (including phenoxy) is 2. The van der Waals surface area contributed by atoms with Crippen LogP contribution < -0.4 is 0 Å². The first kappa shape index (κ1) is 63.3. The molecule has 2 saturated carbocycles. The number of allylic oxidation sites excluding steroid dienone is 8. The summed E-state index contributed by atoms with van der Waals surface area (Å²) in [4.78, 5) is 24.0. The summed E-state index contributed by atoms with van der Waals surface area (Å²) in [5.74, 6) is -0.579. The van der Waals surface area contributed by atoms with Gasteiger partial charge in [0.05, 0.1) is 25.4 Å². The Morgan fingerprint density at radius 2 is 0.857 bits per heavy atom. The molecule has 2 aliphatic carbocycles. The van der Waals surface area contributed by atoms with Crippen LogP contribution in [0.1, 0.15) is 219 Å². The van der Waals surface area contributed by atoms with E-state index in [9.17, 15) is 18.9 Å². The Balaban J connectivity index is 1.54. The van der Waals surface area contributed by atoms with E-state index in [2.05, 4.69) is 81.3 Å². The third-order valence-electron chi connectivity index (χ3n) is 15.4. The summed E-state index contributed by atoms with van der Waals surface area (Å²) in [7, 11) is -1.90. The number of phosphoric ester groups is 2. The minimum Gasteiger partial charge on any atom is -0.344 e. The largest absolute Gasteiger partial charge is 0.471 e. The van der Waals surface area contributed by atoms with E-state index in [4.69, 9.17) is 18.5 Å². The van der Waals surface area contributed by atoms with Gasteiger partial charge in [0.1, 0.15) is 0 Å². The van der Waals surface area contributed by atoms with E-state index in [-0.39, 0.29) is 37.5 Å². The molecular weight excluding hydrogens is 923 g/mol. The maximum Gasteiger partial charge on any atom is 0.471 e. The highest BCUT2D eigenvalue weighted by molar-refractivity contribution is 7.47. The average molecular weight is 1030 g/mol. The third-order valence-corrected chi connectivity index (χ3v) is 17.4. The van der Waals surface area contributed by atoms with Gasteiger partial charge in [-0.05, 0) is 122 Å². The number of fused-ring (bicyclic) bond motifs is 1. The van der Waals surface area contributed by atoms with E-state index in [0.717, 1.165) is 65.6 Å². The molecule has 0 amide bonds. The van der Waals surface area contributed by atoms with Crippen molar-refractivity contribution in [2.45, 2.75) is 249 Å². The van der Waals surface area contributed by atoms with Gasteiger partial charge in [0.2, 0.25) is 0 Å². The van der Waals surface area contributed by atoms with Gasteiger partial charge < -0.3 is 19.3 Å². The minimum atomic E-state index is -4.10. The van der Waals surface area contributed by atoms with Crippen LogP contribution >= 0.6 is 15.6 Å². The van der Waals surface area contributed by atoms with Gasteiger partial charge in [-0.1, -0.05) is 152 Å². The molecule has 0 aromatic rings. The van der Waals surface area contributed by atoms with Crippen molar-refractivity contribution in [3.05, 3.63) is 48.6 Å². The number of rotatable bonds is 42. The number of phosphoric acid groups is 2. The van der Waals surface area contributed by atoms with Crippen LogP contribution in [-0.4, -0.2) is 104 Å². The van der Waals surface area contributed by atoms with Crippen molar-refractivity contribution in [3.8, 4) is 0 Å². The van der Waals surface area contributed by atoms with Crippen molar-refractivity contribution in [3.63, 3.8) is 0 Å². The lowest BCUT2D eigenvalue weighted by molar-refractivity contribution is -0.208. The van der Waals surface area contributed by atoms with Crippen molar-refractivity contribution in [1.29, 1.82) is 0 Å². The van der Waals surface area contributed by atoms with Crippen molar-refractivity contribution in [2.24, 2.45) is 5.41 Å². The molecule has 0 aromatic carbocycles. The molecule has 70 heavy (non-hydrogen) atoms. The Bertz CT molecular complexity index is 1450. The van der Waals surface area contributed by atoms with Crippen LogP contribution in [0.15, 0.2) is 48.6 Å². The van der Waals surface area contributed by atoms with Crippen LogP contribution in [-0.2, 0) is 36.7 Å². The van der Waals surface area contributed by atoms with Gasteiger partial charge in [-0.2, -0.15) is 0 Å². The lowest BCUT2D eigenvalue weighted by atomic mass is 9.66. The first-order valence-electron chi connectivity index (χ1n) is 28.2. The molecule has 3 fully saturated rings. The number of likely N-dealkylation sites (N-methyl/N-ethyl adjacent to an activating group) is 2. The normalized spacial score (nSPS) is 23.2. The zero-order valence-corrected chi connectivity index (χ0v) is 47.1. The molecule has 1 saturated heterocycles. The van der Waals surface area contributed by atoms with E-state index in [1.807, 2.05) is 14.1 Å². The van der Waals surface area contributed by atoms with Gasteiger partial charge in [-0.25, -0.2) is 9.13 Å². The molecule has 0 bridgehead atoms. The second kappa shape index (κ2) is 36.9. The maximum absolute atomic E-state index is 12.1. The molecule has 0 aromatic heterocycles. The second-order valence-electron chi connectivity index (χ2n) is 20.9. The van der Waals surface area contributed by atoms with E-state index in [0.29, 0.717) is 18.5 Å². The van der Waals surface area contributed by atoms with Crippen LogP contribution in [0, 0.1) is 5.41 Å². The predicted molar refractivity (Wildman–Crippen MR) is 289 cm³/mol. The lowest BCUT2D eigenvalue weighted by Crippen LogP contribution is -2.57. The quantitative estimate of drug-likeness (QED) is 0.0342. The highest BCUT2D eigenvalue weighted by Gasteiger charge is 2.55. The van der Waals surface area contributed by atoms with E-state index < -0.39 is 21.4 Å². The maximum atomic E-state index is 12.1. The van der Waals surface area contributed by atoms with Crippen molar-refractivity contribution in [2.75, 3.05) is 54.6 Å². The molecule has 408 valence electrons. The smallest absolute Gasteiger partial charge is 0.344 e. The fraction of sp³-hybridized carbons (Fsp3) is 0.857. The first-order valence-corrected chi connectivity index (χ1v) is 31.2. The fourth-order valence-electron chi connectivity index (χ4n) is 10.9. The molecule has 3 aliphatic rings. The van der Waals surface area contributed by atoms with Crippen molar-refractivity contribution < 1.29 is 46.5 Å². The summed E-state index contributed by atoms with van der Waals surface area (Å²) in [6, 6.07) is 0.0145. The Kier molecular flexibility index (Phi) is 33.4. The number of unbranched alkanes of at least 4 members (excludes halogenated alkanes) is 18. The van der Waals surface area contributed by atoms with Crippen molar-refractivity contribution >= 4 is 15.6 Å². The van der Waals surface area contributed by atoms with Crippen LogP contribution in [0.3, 0.4) is 0 Å². The molecule has 1 heterocycles. The Morgan fingerprint density at radius 3 is 1.21 bits per heavy atom. The van der Waals surface area contributed by atoms with Crippen LogP contribution in [0.4, 0.5) is 0 Å². The standard InChI is InChI=1S/C56H104N2O10P2/c1-7-9-11-13-15-17-19-21-23-25-27-29-31-33-35-37-39-55(40-38-36-34-32-30-28-26-24-22-20-18-16-14-12-10-8-2)41-43-56(44-42-55)67-53-49-51(57(3)45-47-65-69(59,60)63-5)52(50-54(53)68-56)58(4)46-48-66-70(61,62)64-6/h15-18,21-24,51-54H,7-14,19-20,25-50H2,1-6H3,(H,59,60)(H,61,62)/b17-15+,18-16+,23-21+,24-22+/t51-,52+,53+,54-. The van der Waals surface area contributed by atoms with Crippen LogP contribution in [0.25, 0.3) is 0 Å². The molecule has 2 unspecified atom stereocenters. The Hall–Kier alpha value is -0.980. The molecule has 12 nitrogen and oxygen atoms in total. The van der Waals surface area contributed by atoms with Gasteiger partial charge in [-0.3, -0.25) is 27.9 Å². The number of nitrogens with zero attached hydrogens (tertiary/aromatic N) is 2. The van der Waals surface area contributed by atoms with Crippen molar-refractivity contribution in [1.82, 2.24) is 9.80 Å². The first-order chi connectivity index (χ1) is 33.8. The average Bonchev–Trinajstić information content (AvgIpc) is 3.71. The predicted octanol–water partition coefficient (Wildman–Crippen LogP) is 15.4. The van der Waals surface area contributed by atoms with E-state index in [1.165, 1.54) is 154 Å². The summed E-state index contributed by atoms with van der Waals surface area (Å²) in [6.45, 7) is 5.38. The highest BCUT2D eigenvalue weighted by Crippen LogP contribution is 2.54. The van der Waals surface area contributed by atoms with Crippen LogP contribution in [0.5, 0.6) is 0 Å². The summed E-state index contributed by atoms with van der Waals surface area (Å²) in [5, 5.41) is 0.